The van der Waals surface area contributed by atoms with Gasteiger partial charge in [0.05, 0.1) is 11.4 Å². The minimum absolute atomic E-state index is 0.0194. The van der Waals surface area contributed by atoms with E-state index in [1.54, 1.807) is 0 Å². The average molecular weight is 285 g/mol. The molecule has 0 amide bonds. The van der Waals surface area contributed by atoms with Gasteiger partial charge in [0.2, 0.25) is 0 Å². The molecule has 3 nitrogen and oxygen atoms in total. The van der Waals surface area contributed by atoms with E-state index in [0.29, 0.717) is 4.47 Å². The van der Waals surface area contributed by atoms with Crippen molar-refractivity contribution in [3.63, 3.8) is 0 Å². The van der Waals surface area contributed by atoms with Gasteiger partial charge in [0, 0.05) is 10.5 Å². The minimum Gasteiger partial charge on any atom is -0.484 e. The monoisotopic (exact) mass is 284 g/mol. The lowest BCUT2D eigenvalue weighted by molar-refractivity contribution is -0.153. The van der Waals surface area contributed by atoms with E-state index < -0.39 is 12.8 Å². The first-order valence-corrected chi connectivity index (χ1v) is 4.63. The minimum atomic E-state index is -4.37. The van der Waals surface area contributed by atoms with E-state index in [1.165, 1.54) is 12.1 Å². The lowest BCUT2D eigenvalue weighted by Gasteiger charge is -2.11. The highest BCUT2D eigenvalue weighted by atomic mass is 79.9. The molecule has 0 heterocycles. The summed E-state index contributed by atoms with van der Waals surface area (Å²) in [5, 5.41) is 0. The van der Waals surface area contributed by atoms with E-state index in [9.17, 15) is 13.2 Å². The van der Waals surface area contributed by atoms with Crippen molar-refractivity contribution in [1.29, 1.82) is 0 Å². The lowest BCUT2D eigenvalue weighted by atomic mass is 10.2. The number of hydrogen-bond donors (Lipinski definition) is 2. The molecular weight excluding hydrogens is 277 g/mol. The smallest absolute Gasteiger partial charge is 0.422 e. The molecule has 0 unspecified atom stereocenters. The summed E-state index contributed by atoms with van der Waals surface area (Å²) in [5.41, 5.74) is 11.4. The average Bonchev–Trinajstić information content (AvgIpc) is 2.09. The number of benzene rings is 1. The summed E-state index contributed by atoms with van der Waals surface area (Å²) in [6.07, 6.45) is -4.37. The maximum absolute atomic E-state index is 11.8. The van der Waals surface area contributed by atoms with Crippen LogP contribution in [-0.4, -0.2) is 12.8 Å². The predicted octanol–water partition coefficient (Wildman–Crippen LogP) is 2.55. The molecule has 1 aromatic carbocycles. The Morgan fingerprint density at radius 1 is 1.27 bits per heavy atom. The van der Waals surface area contributed by atoms with E-state index in [-0.39, 0.29) is 17.1 Å². The standard InChI is InChI=1S/C8H8BrF3N2O/c9-5-1-4(2-6(13)7(5)14)15-3-8(10,11)12/h1-2H,3,13-14H2. The second-order valence-electron chi connectivity index (χ2n) is 2.81. The first kappa shape index (κ1) is 12.0. The second kappa shape index (κ2) is 4.18. The van der Waals surface area contributed by atoms with Crippen molar-refractivity contribution in [2.75, 3.05) is 18.1 Å². The molecule has 15 heavy (non-hydrogen) atoms. The molecule has 0 saturated heterocycles. The zero-order chi connectivity index (χ0) is 11.6. The Bertz CT molecular complexity index is 344. The summed E-state index contributed by atoms with van der Waals surface area (Å²) in [4.78, 5) is 0. The van der Waals surface area contributed by atoms with Gasteiger partial charge >= 0.3 is 6.18 Å². The van der Waals surface area contributed by atoms with E-state index >= 15 is 0 Å². The fourth-order valence-corrected chi connectivity index (χ4v) is 1.32. The van der Waals surface area contributed by atoms with Crippen molar-refractivity contribution in [2.24, 2.45) is 0 Å². The summed E-state index contributed by atoms with van der Waals surface area (Å²) in [7, 11) is 0. The Morgan fingerprint density at radius 3 is 2.33 bits per heavy atom. The van der Waals surface area contributed by atoms with Crippen molar-refractivity contribution in [1.82, 2.24) is 0 Å². The molecule has 7 heteroatoms. The summed E-state index contributed by atoms with van der Waals surface area (Å²) in [6, 6.07) is 2.57. The lowest BCUT2D eigenvalue weighted by Crippen LogP contribution is -2.19. The molecule has 0 fully saturated rings. The van der Waals surface area contributed by atoms with Gasteiger partial charge in [0.25, 0.3) is 0 Å². The molecular formula is C8H8BrF3N2O. The Kier molecular flexibility index (Phi) is 3.33. The Balaban J connectivity index is 2.80. The van der Waals surface area contributed by atoms with Crippen LogP contribution in [0, 0.1) is 0 Å². The van der Waals surface area contributed by atoms with E-state index in [1.807, 2.05) is 0 Å². The van der Waals surface area contributed by atoms with Gasteiger partial charge in [-0.25, -0.2) is 0 Å². The van der Waals surface area contributed by atoms with Gasteiger partial charge in [-0.1, -0.05) is 0 Å². The highest BCUT2D eigenvalue weighted by Crippen LogP contribution is 2.31. The van der Waals surface area contributed by atoms with Crippen LogP contribution in [0.2, 0.25) is 0 Å². The van der Waals surface area contributed by atoms with Gasteiger partial charge in [-0.3, -0.25) is 0 Å². The summed E-state index contributed by atoms with van der Waals surface area (Å²) in [6.45, 7) is -1.36. The molecule has 1 rings (SSSR count). The van der Waals surface area contributed by atoms with E-state index in [0.717, 1.165) is 0 Å². The van der Waals surface area contributed by atoms with Crippen LogP contribution in [0.5, 0.6) is 5.75 Å². The van der Waals surface area contributed by atoms with Gasteiger partial charge in [0.1, 0.15) is 5.75 Å². The number of nitrogens with two attached hydrogens (primary N) is 2. The van der Waals surface area contributed by atoms with Crippen molar-refractivity contribution in [3.8, 4) is 5.75 Å². The number of anilines is 2. The normalized spacial score (nSPS) is 11.5. The molecule has 84 valence electrons. The first-order chi connectivity index (χ1) is 6.79. The summed E-state index contributed by atoms with van der Waals surface area (Å²) >= 11 is 3.05. The molecule has 0 aliphatic rings. The molecule has 0 bridgehead atoms. The number of ether oxygens (including phenoxy) is 1. The topological polar surface area (TPSA) is 61.3 Å². The Hall–Kier alpha value is -1.11. The van der Waals surface area contributed by atoms with Crippen LogP contribution >= 0.6 is 15.9 Å². The number of alkyl halides is 3. The molecule has 0 radical (unpaired) electrons. The van der Waals surface area contributed by atoms with Gasteiger partial charge in [0.15, 0.2) is 6.61 Å². The fourth-order valence-electron chi connectivity index (χ4n) is 0.862. The van der Waals surface area contributed by atoms with Crippen molar-refractivity contribution in [2.45, 2.75) is 6.18 Å². The van der Waals surface area contributed by atoms with Crippen LogP contribution < -0.4 is 16.2 Å². The SMILES string of the molecule is Nc1cc(OCC(F)(F)F)cc(Br)c1N. The largest absolute Gasteiger partial charge is 0.484 e. The first-order valence-electron chi connectivity index (χ1n) is 3.83. The third-order valence-electron chi connectivity index (χ3n) is 1.54. The second-order valence-corrected chi connectivity index (χ2v) is 3.67. The molecule has 0 aliphatic carbocycles. The zero-order valence-electron chi connectivity index (χ0n) is 7.44. The van der Waals surface area contributed by atoms with Crippen LogP contribution in [-0.2, 0) is 0 Å². The molecule has 4 N–H and O–H groups in total. The van der Waals surface area contributed by atoms with Crippen molar-refractivity contribution >= 4 is 27.3 Å². The molecule has 0 aliphatic heterocycles. The highest BCUT2D eigenvalue weighted by molar-refractivity contribution is 9.10. The maximum atomic E-state index is 11.8. The van der Waals surface area contributed by atoms with Gasteiger partial charge < -0.3 is 16.2 Å². The highest BCUT2D eigenvalue weighted by Gasteiger charge is 2.28. The summed E-state index contributed by atoms with van der Waals surface area (Å²) < 4.78 is 40.4. The third kappa shape index (κ3) is 3.50. The van der Waals surface area contributed by atoms with Crippen LogP contribution in [0.4, 0.5) is 24.5 Å². The van der Waals surface area contributed by atoms with Crippen LogP contribution in [0.1, 0.15) is 0 Å². The van der Waals surface area contributed by atoms with Gasteiger partial charge in [-0.15, -0.1) is 0 Å². The number of nitrogen functional groups attached to an aromatic ring is 2. The molecule has 0 aromatic heterocycles. The number of rotatable bonds is 2. The Morgan fingerprint density at radius 2 is 1.87 bits per heavy atom. The van der Waals surface area contributed by atoms with E-state index in [2.05, 4.69) is 20.7 Å². The summed E-state index contributed by atoms with van der Waals surface area (Å²) in [5.74, 6) is 0.0194. The van der Waals surface area contributed by atoms with Crippen LogP contribution in [0.15, 0.2) is 16.6 Å². The molecule has 0 spiro atoms. The predicted molar refractivity (Wildman–Crippen MR) is 54.5 cm³/mol. The fraction of sp³-hybridized carbons (Fsp3) is 0.250. The molecule has 0 saturated carbocycles. The molecule has 0 atom stereocenters. The van der Waals surface area contributed by atoms with Crippen LogP contribution in [0.25, 0.3) is 0 Å². The van der Waals surface area contributed by atoms with Gasteiger partial charge in [-0.2, -0.15) is 13.2 Å². The quantitative estimate of drug-likeness (QED) is 0.821. The number of halogens is 4. The van der Waals surface area contributed by atoms with Crippen LogP contribution in [0.3, 0.4) is 0 Å². The van der Waals surface area contributed by atoms with Gasteiger partial charge in [-0.05, 0) is 22.0 Å². The van der Waals surface area contributed by atoms with Crippen molar-refractivity contribution < 1.29 is 17.9 Å². The Labute approximate surface area is 92.3 Å². The number of hydrogen-bond acceptors (Lipinski definition) is 3. The maximum Gasteiger partial charge on any atom is 0.422 e. The van der Waals surface area contributed by atoms with Crippen molar-refractivity contribution in [3.05, 3.63) is 16.6 Å². The third-order valence-corrected chi connectivity index (χ3v) is 2.19. The zero-order valence-corrected chi connectivity index (χ0v) is 9.02. The van der Waals surface area contributed by atoms with E-state index in [4.69, 9.17) is 11.5 Å². The molecule has 1 aromatic rings.